The van der Waals surface area contributed by atoms with Crippen molar-refractivity contribution in [3.05, 3.63) is 51.0 Å². The van der Waals surface area contributed by atoms with Crippen LogP contribution in [0.4, 0.5) is 0 Å². The fraction of sp³-hybridized carbons (Fsp3) is 0.188. The number of phenols is 3. The molecule has 0 heterocycles. The number of fused-ring (bicyclic) bond motifs is 2. The van der Waals surface area contributed by atoms with E-state index in [-0.39, 0.29) is 22.3 Å². The third-order valence-corrected chi connectivity index (χ3v) is 4.10. The van der Waals surface area contributed by atoms with Crippen molar-refractivity contribution in [3.63, 3.8) is 0 Å². The molecular weight excluding hydrogens is 290 g/mol. The minimum absolute atomic E-state index is 0.107. The molecule has 0 saturated heterocycles. The van der Waals surface area contributed by atoms with Gasteiger partial charge in [0.1, 0.15) is 22.3 Å². The molecule has 0 aliphatic heterocycles. The Hall–Kier alpha value is -2.20. The normalized spacial score (nSPS) is 14.9. The number of hydrogen-bond donors (Lipinski definition) is 3. The molecule has 4 nitrogen and oxygen atoms in total. The second-order valence-electron chi connectivity index (χ2n) is 5.16. The molecule has 1 aliphatic carbocycles. The number of benzene rings is 2. The van der Waals surface area contributed by atoms with Gasteiger partial charge in [0.15, 0.2) is 0 Å². The predicted molar refractivity (Wildman–Crippen MR) is 82.0 cm³/mol. The molecule has 1 aliphatic rings. The highest BCUT2D eigenvalue weighted by Gasteiger charge is 2.29. The number of aliphatic imine (C=N–C) groups is 1. The van der Waals surface area contributed by atoms with Crippen molar-refractivity contribution in [1.29, 1.82) is 0 Å². The molecule has 0 spiro atoms. The Labute approximate surface area is 127 Å². The summed E-state index contributed by atoms with van der Waals surface area (Å²) in [5.41, 5.74) is 4.12. The molecular formula is C16H14ClNO3. The Bertz CT molecular complexity index is 797. The number of halogens is 1. The highest BCUT2D eigenvalue weighted by atomic mass is 35.5. The predicted octanol–water partition coefficient (Wildman–Crippen LogP) is 3.14. The van der Waals surface area contributed by atoms with Gasteiger partial charge in [-0.1, -0.05) is 17.7 Å². The van der Waals surface area contributed by atoms with Gasteiger partial charge in [-0.3, -0.25) is 4.99 Å². The molecule has 108 valence electrons. The number of rotatable bonds is 0. The lowest BCUT2D eigenvalue weighted by molar-refractivity contribution is 0.449. The largest absolute Gasteiger partial charge is 0.507 e. The van der Waals surface area contributed by atoms with Crippen LogP contribution >= 0.6 is 11.6 Å². The number of aryl methyl sites for hydroxylation is 1. The highest BCUT2D eigenvalue weighted by Crippen LogP contribution is 2.44. The van der Waals surface area contributed by atoms with E-state index in [9.17, 15) is 15.3 Å². The quantitative estimate of drug-likeness (QED) is 0.597. The lowest BCUT2D eigenvalue weighted by Gasteiger charge is -2.24. The zero-order valence-electron chi connectivity index (χ0n) is 11.6. The van der Waals surface area contributed by atoms with Crippen LogP contribution in [0.2, 0.25) is 5.02 Å². The zero-order valence-corrected chi connectivity index (χ0v) is 12.4. The summed E-state index contributed by atoms with van der Waals surface area (Å²) in [5, 5.41) is 30.2. The molecule has 0 bridgehead atoms. The molecule has 0 fully saturated rings. The summed E-state index contributed by atoms with van der Waals surface area (Å²) in [6, 6.07) is 5.16. The van der Waals surface area contributed by atoms with Crippen LogP contribution in [-0.2, 0) is 6.42 Å². The van der Waals surface area contributed by atoms with Gasteiger partial charge < -0.3 is 15.3 Å². The van der Waals surface area contributed by atoms with Gasteiger partial charge in [0.2, 0.25) is 0 Å². The molecule has 3 N–H and O–H groups in total. The van der Waals surface area contributed by atoms with Gasteiger partial charge in [0.05, 0.1) is 5.71 Å². The third kappa shape index (κ3) is 1.94. The first kappa shape index (κ1) is 13.8. The van der Waals surface area contributed by atoms with Crippen LogP contribution in [0.15, 0.2) is 23.2 Å². The summed E-state index contributed by atoms with van der Waals surface area (Å²) in [5.74, 6) is -0.249. The average molecular weight is 304 g/mol. The average Bonchev–Trinajstić information content (AvgIpc) is 2.42. The van der Waals surface area contributed by atoms with Crippen LogP contribution in [0.25, 0.3) is 0 Å². The highest BCUT2D eigenvalue weighted by molar-refractivity contribution is 6.35. The van der Waals surface area contributed by atoms with E-state index in [1.165, 1.54) is 6.07 Å². The summed E-state index contributed by atoms with van der Waals surface area (Å²) >= 11 is 5.91. The van der Waals surface area contributed by atoms with Gasteiger partial charge in [0, 0.05) is 18.2 Å². The van der Waals surface area contributed by atoms with Crippen molar-refractivity contribution in [2.75, 3.05) is 7.05 Å². The monoisotopic (exact) mass is 303 g/mol. The Kier molecular flexibility index (Phi) is 3.06. The first-order valence-corrected chi connectivity index (χ1v) is 6.85. The molecule has 0 radical (unpaired) electrons. The Morgan fingerprint density at radius 3 is 2.33 bits per heavy atom. The van der Waals surface area contributed by atoms with E-state index in [2.05, 4.69) is 4.99 Å². The first-order chi connectivity index (χ1) is 9.93. The van der Waals surface area contributed by atoms with Crippen LogP contribution in [0, 0.1) is 6.92 Å². The van der Waals surface area contributed by atoms with E-state index in [1.54, 1.807) is 13.1 Å². The van der Waals surface area contributed by atoms with Crippen molar-refractivity contribution in [2.45, 2.75) is 13.3 Å². The standard InChI is InChI=1S/C16H14ClNO3/c1-7-3-8-5-9-6-11(20)14(17)16(21)13(9)15(18-2)12(8)10(19)4-7/h3-4,6,19-21H,5H2,1-2H3. The summed E-state index contributed by atoms with van der Waals surface area (Å²) < 4.78 is 0. The second-order valence-corrected chi connectivity index (χ2v) is 5.54. The van der Waals surface area contributed by atoms with Crippen LogP contribution in [-0.4, -0.2) is 28.1 Å². The fourth-order valence-corrected chi connectivity index (χ4v) is 3.04. The van der Waals surface area contributed by atoms with Crippen molar-refractivity contribution in [2.24, 2.45) is 4.99 Å². The van der Waals surface area contributed by atoms with E-state index >= 15 is 0 Å². The van der Waals surface area contributed by atoms with E-state index in [1.807, 2.05) is 13.0 Å². The fourth-order valence-electron chi connectivity index (χ4n) is 2.89. The van der Waals surface area contributed by atoms with Crippen LogP contribution in [0.3, 0.4) is 0 Å². The van der Waals surface area contributed by atoms with Gasteiger partial charge in [-0.25, -0.2) is 0 Å². The summed E-state index contributed by atoms with van der Waals surface area (Å²) in [7, 11) is 1.59. The number of phenolic OH excluding ortho intramolecular Hbond substituents is 3. The Morgan fingerprint density at radius 2 is 1.67 bits per heavy atom. The third-order valence-electron chi connectivity index (χ3n) is 3.72. The van der Waals surface area contributed by atoms with E-state index in [4.69, 9.17) is 11.6 Å². The van der Waals surface area contributed by atoms with Gasteiger partial charge >= 0.3 is 0 Å². The SMILES string of the molecule is CN=C1c2c(O)cc(C)cc2Cc2cc(O)c(Cl)c(O)c21. The molecule has 0 amide bonds. The van der Waals surface area contributed by atoms with Crippen LogP contribution in [0.5, 0.6) is 17.2 Å². The molecule has 2 aromatic carbocycles. The minimum atomic E-state index is -0.210. The molecule has 2 aromatic rings. The van der Waals surface area contributed by atoms with Gasteiger partial charge in [-0.15, -0.1) is 0 Å². The van der Waals surface area contributed by atoms with E-state index < -0.39 is 0 Å². The summed E-state index contributed by atoms with van der Waals surface area (Å²) in [6.45, 7) is 1.90. The topological polar surface area (TPSA) is 73.1 Å². The van der Waals surface area contributed by atoms with Crippen LogP contribution in [0.1, 0.15) is 27.8 Å². The minimum Gasteiger partial charge on any atom is -0.507 e. The molecule has 0 atom stereocenters. The lowest BCUT2D eigenvalue weighted by Crippen LogP contribution is -2.17. The number of hydrogen-bond acceptors (Lipinski definition) is 4. The number of nitrogens with zero attached hydrogens (tertiary/aromatic N) is 1. The second kappa shape index (κ2) is 4.67. The van der Waals surface area contributed by atoms with E-state index in [0.717, 1.165) is 16.7 Å². The summed E-state index contributed by atoms with van der Waals surface area (Å²) in [6.07, 6.45) is 0.483. The maximum atomic E-state index is 10.2. The van der Waals surface area contributed by atoms with Gasteiger partial charge in [0.25, 0.3) is 0 Å². The molecule has 0 unspecified atom stereocenters. The Balaban J connectivity index is 2.36. The van der Waals surface area contributed by atoms with Crippen molar-refractivity contribution in [3.8, 4) is 17.2 Å². The zero-order chi connectivity index (χ0) is 15.3. The maximum absolute atomic E-state index is 10.2. The molecule has 0 aromatic heterocycles. The van der Waals surface area contributed by atoms with Crippen molar-refractivity contribution in [1.82, 2.24) is 0 Å². The lowest BCUT2D eigenvalue weighted by atomic mass is 9.82. The number of aromatic hydroxyl groups is 3. The molecule has 0 saturated carbocycles. The van der Waals surface area contributed by atoms with E-state index in [0.29, 0.717) is 23.3 Å². The maximum Gasteiger partial charge on any atom is 0.147 e. The summed E-state index contributed by atoms with van der Waals surface area (Å²) in [4.78, 5) is 4.21. The van der Waals surface area contributed by atoms with Gasteiger partial charge in [-0.2, -0.15) is 0 Å². The van der Waals surface area contributed by atoms with Gasteiger partial charge in [-0.05, 0) is 42.2 Å². The molecule has 5 heteroatoms. The smallest absolute Gasteiger partial charge is 0.147 e. The van der Waals surface area contributed by atoms with Crippen LogP contribution < -0.4 is 0 Å². The Morgan fingerprint density at radius 1 is 1.00 bits per heavy atom. The van der Waals surface area contributed by atoms with Crippen molar-refractivity contribution >= 4 is 17.3 Å². The molecule has 21 heavy (non-hydrogen) atoms. The first-order valence-electron chi connectivity index (χ1n) is 6.47. The molecule has 3 rings (SSSR count). The van der Waals surface area contributed by atoms with Crippen molar-refractivity contribution < 1.29 is 15.3 Å².